The standard InChI is InChI=1S/C13H18N2O4/c1-17-11-5-9(10(14)6-12(11)18-2)13(16)15-8-3-4-19-7-8/h5-6,8H,3-4,7,14H2,1-2H3,(H,15,16). The second kappa shape index (κ2) is 5.79. The molecule has 1 aromatic carbocycles. The molecule has 6 heteroatoms. The summed E-state index contributed by atoms with van der Waals surface area (Å²) in [6.45, 7) is 1.21. The molecule has 1 atom stereocenters. The molecule has 1 aliphatic heterocycles. The van der Waals surface area contributed by atoms with Crippen molar-refractivity contribution in [2.24, 2.45) is 0 Å². The van der Waals surface area contributed by atoms with Crippen molar-refractivity contribution in [1.29, 1.82) is 0 Å². The topological polar surface area (TPSA) is 82.8 Å². The lowest BCUT2D eigenvalue weighted by Gasteiger charge is -2.14. The van der Waals surface area contributed by atoms with Crippen LogP contribution >= 0.6 is 0 Å². The zero-order valence-corrected chi connectivity index (χ0v) is 11.1. The van der Waals surface area contributed by atoms with E-state index in [-0.39, 0.29) is 11.9 Å². The van der Waals surface area contributed by atoms with E-state index in [1.54, 1.807) is 12.1 Å². The number of carbonyl (C=O) groups excluding carboxylic acids is 1. The van der Waals surface area contributed by atoms with Gasteiger partial charge < -0.3 is 25.3 Å². The predicted molar refractivity (Wildman–Crippen MR) is 70.6 cm³/mol. The Labute approximate surface area is 111 Å². The van der Waals surface area contributed by atoms with Crippen LogP contribution in [0.1, 0.15) is 16.8 Å². The highest BCUT2D eigenvalue weighted by Gasteiger charge is 2.21. The van der Waals surface area contributed by atoms with E-state index in [0.29, 0.717) is 36.0 Å². The second-order valence-corrected chi connectivity index (χ2v) is 4.33. The van der Waals surface area contributed by atoms with E-state index in [9.17, 15) is 4.79 Å². The first-order chi connectivity index (χ1) is 9.15. The highest BCUT2D eigenvalue weighted by Crippen LogP contribution is 2.31. The van der Waals surface area contributed by atoms with Gasteiger partial charge in [0.05, 0.1) is 32.4 Å². The fourth-order valence-electron chi connectivity index (χ4n) is 2.00. The molecule has 2 rings (SSSR count). The van der Waals surface area contributed by atoms with Crippen LogP contribution in [0.3, 0.4) is 0 Å². The molecule has 1 amide bonds. The molecule has 0 spiro atoms. The Hall–Kier alpha value is -1.95. The van der Waals surface area contributed by atoms with Gasteiger partial charge in [0.25, 0.3) is 5.91 Å². The summed E-state index contributed by atoms with van der Waals surface area (Å²) in [5.41, 5.74) is 6.60. The first-order valence-corrected chi connectivity index (χ1v) is 6.05. The van der Waals surface area contributed by atoms with Crippen molar-refractivity contribution in [3.63, 3.8) is 0 Å². The van der Waals surface area contributed by atoms with E-state index in [2.05, 4.69) is 5.32 Å². The molecule has 0 aliphatic carbocycles. The summed E-state index contributed by atoms with van der Waals surface area (Å²) in [6, 6.07) is 3.21. The number of hydrogen-bond acceptors (Lipinski definition) is 5. The van der Waals surface area contributed by atoms with Crippen molar-refractivity contribution in [2.45, 2.75) is 12.5 Å². The molecular formula is C13H18N2O4. The molecule has 1 saturated heterocycles. The number of anilines is 1. The summed E-state index contributed by atoms with van der Waals surface area (Å²) >= 11 is 0. The van der Waals surface area contributed by atoms with Crippen LogP contribution in [-0.2, 0) is 4.74 Å². The molecule has 1 aromatic rings. The van der Waals surface area contributed by atoms with Gasteiger partial charge in [-0.2, -0.15) is 0 Å². The number of methoxy groups -OCH3 is 2. The van der Waals surface area contributed by atoms with E-state index in [1.165, 1.54) is 14.2 Å². The summed E-state index contributed by atoms with van der Waals surface area (Å²) in [5, 5.41) is 2.88. The molecular weight excluding hydrogens is 248 g/mol. The van der Waals surface area contributed by atoms with E-state index in [4.69, 9.17) is 19.9 Å². The van der Waals surface area contributed by atoms with Crippen LogP contribution in [0.4, 0.5) is 5.69 Å². The smallest absolute Gasteiger partial charge is 0.253 e. The van der Waals surface area contributed by atoms with Crippen LogP contribution in [0.25, 0.3) is 0 Å². The Kier molecular flexibility index (Phi) is 4.11. The number of nitrogens with one attached hydrogen (secondary N) is 1. The molecule has 6 nitrogen and oxygen atoms in total. The van der Waals surface area contributed by atoms with Gasteiger partial charge in [-0.15, -0.1) is 0 Å². The predicted octanol–water partition coefficient (Wildman–Crippen LogP) is 0.805. The van der Waals surface area contributed by atoms with Crippen molar-refractivity contribution in [1.82, 2.24) is 5.32 Å². The van der Waals surface area contributed by atoms with Gasteiger partial charge in [0.1, 0.15) is 0 Å². The van der Waals surface area contributed by atoms with Crippen molar-refractivity contribution in [3.05, 3.63) is 17.7 Å². The van der Waals surface area contributed by atoms with Crippen molar-refractivity contribution < 1.29 is 19.0 Å². The molecule has 1 fully saturated rings. The monoisotopic (exact) mass is 266 g/mol. The van der Waals surface area contributed by atoms with Gasteiger partial charge in [-0.05, 0) is 12.5 Å². The molecule has 0 aromatic heterocycles. The van der Waals surface area contributed by atoms with Crippen molar-refractivity contribution in [3.8, 4) is 11.5 Å². The molecule has 1 unspecified atom stereocenters. The summed E-state index contributed by atoms with van der Waals surface area (Å²) in [5.74, 6) is 0.749. The number of benzene rings is 1. The zero-order valence-electron chi connectivity index (χ0n) is 11.1. The van der Waals surface area contributed by atoms with Crippen LogP contribution in [0.5, 0.6) is 11.5 Å². The lowest BCUT2D eigenvalue weighted by atomic mass is 10.1. The van der Waals surface area contributed by atoms with E-state index in [1.807, 2.05) is 0 Å². The minimum atomic E-state index is -0.228. The van der Waals surface area contributed by atoms with Crippen LogP contribution in [0, 0.1) is 0 Å². The highest BCUT2D eigenvalue weighted by atomic mass is 16.5. The number of hydrogen-bond donors (Lipinski definition) is 2. The van der Waals surface area contributed by atoms with Crippen molar-refractivity contribution >= 4 is 11.6 Å². The van der Waals surface area contributed by atoms with E-state index in [0.717, 1.165) is 6.42 Å². The second-order valence-electron chi connectivity index (χ2n) is 4.33. The lowest BCUT2D eigenvalue weighted by Crippen LogP contribution is -2.35. The van der Waals surface area contributed by atoms with Crippen LogP contribution in [0.2, 0.25) is 0 Å². The normalized spacial score (nSPS) is 18.1. The third-order valence-corrected chi connectivity index (χ3v) is 3.07. The zero-order chi connectivity index (χ0) is 13.8. The Bertz CT molecular complexity index is 470. The first kappa shape index (κ1) is 13.5. The van der Waals surface area contributed by atoms with Crippen LogP contribution in [0.15, 0.2) is 12.1 Å². The molecule has 0 radical (unpaired) electrons. The van der Waals surface area contributed by atoms with Gasteiger partial charge in [-0.25, -0.2) is 0 Å². The molecule has 1 heterocycles. The maximum absolute atomic E-state index is 12.1. The number of amides is 1. The van der Waals surface area contributed by atoms with Gasteiger partial charge in [-0.3, -0.25) is 4.79 Å². The molecule has 0 saturated carbocycles. The van der Waals surface area contributed by atoms with E-state index >= 15 is 0 Å². The average molecular weight is 266 g/mol. The third-order valence-electron chi connectivity index (χ3n) is 3.07. The maximum atomic E-state index is 12.1. The van der Waals surface area contributed by atoms with E-state index < -0.39 is 0 Å². The largest absolute Gasteiger partial charge is 0.493 e. The van der Waals surface area contributed by atoms with Crippen LogP contribution in [-0.4, -0.2) is 39.4 Å². The number of ether oxygens (including phenoxy) is 3. The Morgan fingerprint density at radius 3 is 2.63 bits per heavy atom. The van der Waals surface area contributed by atoms with Gasteiger partial charge in [0.15, 0.2) is 11.5 Å². The van der Waals surface area contributed by atoms with Crippen LogP contribution < -0.4 is 20.5 Å². The Morgan fingerprint density at radius 2 is 2.05 bits per heavy atom. The number of carbonyl (C=O) groups is 1. The minimum Gasteiger partial charge on any atom is -0.493 e. The summed E-state index contributed by atoms with van der Waals surface area (Å²) < 4.78 is 15.5. The SMILES string of the molecule is COc1cc(N)c(C(=O)NC2CCOC2)cc1OC. The molecule has 1 aliphatic rings. The highest BCUT2D eigenvalue weighted by molar-refractivity contribution is 6.00. The number of rotatable bonds is 4. The van der Waals surface area contributed by atoms with Crippen molar-refractivity contribution in [2.75, 3.05) is 33.2 Å². The fraction of sp³-hybridized carbons (Fsp3) is 0.462. The summed E-state index contributed by atoms with van der Waals surface area (Å²) in [7, 11) is 3.04. The third kappa shape index (κ3) is 2.90. The molecule has 3 N–H and O–H groups in total. The Balaban J connectivity index is 2.20. The number of nitrogen functional groups attached to an aromatic ring is 1. The first-order valence-electron chi connectivity index (χ1n) is 6.05. The average Bonchev–Trinajstić information content (AvgIpc) is 2.90. The van der Waals surface area contributed by atoms with Gasteiger partial charge >= 0.3 is 0 Å². The molecule has 0 bridgehead atoms. The summed E-state index contributed by atoms with van der Waals surface area (Å²) in [4.78, 5) is 12.1. The lowest BCUT2D eigenvalue weighted by molar-refractivity contribution is 0.0930. The molecule has 19 heavy (non-hydrogen) atoms. The summed E-state index contributed by atoms with van der Waals surface area (Å²) in [6.07, 6.45) is 0.818. The molecule has 104 valence electrons. The maximum Gasteiger partial charge on any atom is 0.253 e. The fourth-order valence-corrected chi connectivity index (χ4v) is 2.00. The van der Waals surface area contributed by atoms with Gasteiger partial charge in [-0.1, -0.05) is 0 Å². The van der Waals surface area contributed by atoms with Gasteiger partial charge in [0, 0.05) is 18.4 Å². The quantitative estimate of drug-likeness (QED) is 0.788. The van der Waals surface area contributed by atoms with Gasteiger partial charge in [0.2, 0.25) is 0 Å². The number of nitrogens with two attached hydrogens (primary N) is 1. The Morgan fingerprint density at radius 1 is 1.37 bits per heavy atom. The minimum absolute atomic E-state index is 0.0417.